The molecule has 0 aliphatic carbocycles. The van der Waals surface area contributed by atoms with E-state index in [0.29, 0.717) is 6.54 Å². The van der Waals surface area contributed by atoms with E-state index >= 15 is 0 Å². The van der Waals surface area contributed by atoms with Gasteiger partial charge in [0.25, 0.3) is 0 Å². The standard InChI is InChI=1S/C10H19N3O2.ClH/c1-2-5-12-9(14)7-13-10(15)8-4-3-6-11-8;/h8,11H,2-7H2,1H3,(H,12,14)(H,13,15);1H. The van der Waals surface area contributed by atoms with Gasteiger partial charge in [0, 0.05) is 6.54 Å². The van der Waals surface area contributed by atoms with Crippen LogP contribution in [0.3, 0.4) is 0 Å². The van der Waals surface area contributed by atoms with Crippen molar-refractivity contribution in [3.05, 3.63) is 0 Å². The number of amides is 2. The molecule has 1 heterocycles. The normalized spacial score (nSPS) is 18.7. The van der Waals surface area contributed by atoms with Gasteiger partial charge >= 0.3 is 0 Å². The van der Waals surface area contributed by atoms with E-state index in [-0.39, 0.29) is 36.8 Å². The highest BCUT2D eigenvalue weighted by atomic mass is 35.5. The molecule has 1 aliphatic heterocycles. The molecule has 1 unspecified atom stereocenters. The fourth-order valence-corrected chi connectivity index (χ4v) is 1.53. The van der Waals surface area contributed by atoms with Crippen LogP contribution in [0.1, 0.15) is 26.2 Å². The Kier molecular flexibility index (Phi) is 7.93. The van der Waals surface area contributed by atoms with Crippen molar-refractivity contribution in [3.8, 4) is 0 Å². The summed E-state index contributed by atoms with van der Waals surface area (Å²) in [5.74, 6) is -0.192. The first-order valence-corrected chi connectivity index (χ1v) is 5.52. The monoisotopic (exact) mass is 249 g/mol. The second kappa shape index (κ2) is 8.35. The number of halogens is 1. The summed E-state index contributed by atoms with van der Waals surface area (Å²) in [4.78, 5) is 22.6. The Bertz CT molecular complexity index is 230. The highest BCUT2D eigenvalue weighted by Gasteiger charge is 2.21. The summed E-state index contributed by atoms with van der Waals surface area (Å²) >= 11 is 0. The van der Waals surface area contributed by atoms with Crippen LogP contribution in [0.15, 0.2) is 0 Å². The molecule has 2 amide bonds. The topological polar surface area (TPSA) is 70.2 Å². The first-order valence-electron chi connectivity index (χ1n) is 5.52. The third-order valence-corrected chi connectivity index (χ3v) is 2.37. The van der Waals surface area contributed by atoms with Gasteiger partial charge < -0.3 is 16.0 Å². The zero-order valence-electron chi connectivity index (χ0n) is 9.54. The SMILES string of the molecule is CCCNC(=O)CNC(=O)C1CCCN1.Cl. The van der Waals surface area contributed by atoms with Gasteiger partial charge in [-0.05, 0) is 25.8 Å². The van der Waals surface area contributed by atoms with Gasteiger partial charge in [-0.25, -0.2) is 0 Å². The van der Waals surface area contributed by atoms with Gasteiger partial charge in [0.2, 0.25) is 11.8 Å². The molecule has 16 heavy (non-hydrogen) atoms. The molecule has 1 saturated heterocycles. The average Bonchev–Trinajstić information content (AvgIpc) is 2.76. The number of carbonyl (C=O) groups is 2. The molecule has 0 aromatic carbocycles. The maximum absolute atomic E-state index is 11.5. The fourth-order valence-electron chi connectivity index (χ4n) is 1.53. The third-order valence-electron chi connectivity index (χ3n) is 2.37. The second-order valence-corrected chi connectivity index (χ2v) is 3.72. The van der Waals surface area contributed by atoms with Crippen molar-refractivity contribution in [2.75, 3.05) is 19.6 Å². The number of hydrogen-bond donors (Lipinski definition) is 3. The lowest BCUT2D eigenvalue weighted by Gasteiger charge is -2.10. The predicted octanol–water partition coefficient (Wildman–Crippen LogP) is -0.197. The van der Waals surface area contributed by atoms with Crippen LogP contribution in [-0.2, 0) is 9.59 Å². The summed E-state index contributed by atoms with van der Waals surface area (Å²) in [6, 6.07) is -0.107. The van der Waals surface area contributed by atoms with Crippen molar-refractivity contribution in [2.24, 2.45) is 0 Å². The van der Waals surface area contributed by atoms with Gasteiger partial charge in [0.05, 0.1) is 12.6 Å². The van der Waals surface area contributed by atoms with Gasteiger partial charge in [-0.2, -0.15) is 0 Å². The molecule has 3 N–H and O–H groups in total. The van der Waals surface area contributed by atoms with Gasteiger partial charge in [-0.3, -0.25) is 9.59 Å². The maximum atomic E-state index is 11.5. The molecular formula is C10H20ClN3O2. The van der Waals surface area contributed by atoms with Gasteiger partial charge in [-0.1, -0.05) is 6.92 Å². The Balaban J connectivity index is 0.00000225. The zero-order valence-corrected chi connectivity index (χ0v) is 10.4. The number of nitrogens with one attached hydrogen (secondary N) is 3. The van der Waals surface area contributed by atoms with Crippen LogP contribution in [0.5, 0.6) is 0 Å². The molecule has 6 heteroatoms. The number of carbonyl (C=O) groups excluding carboxylic acids is 2. The van der Waals surface area contributed by atoms with Gasteiger partial charge in [0.1, 0.15) is 0 Å². The van der Waals surface area contributed by atoms with E-state index in [4.69, 9.17) is 0 Å². The largest absolute Gasteiger partial charge is 0.355 e. The lowest BCUT2D eigenvalue weighted by atomic mass is 10.2. The highest BCUT2D eigenvalue weighted by molar-refractivity contribution is 5.87. The fraction of sp³-hybridized carbons (Fsp3) is 0.800. The van der Waals surface area contributed by atoms with E-state index in [1.54, 1.807) is 0 Å². The van der Waals surface area contributed by atoms with E-state index in [9.17, 15) is 9.59 Å². The lowest BCUT2D eigenvalue weighted by Crippen LogP contribution is -2.44. The van der Waals surface area contributed by atoms with Crippen LogP contribution < -0.4 is 16.0 Å². The van der Waals surface area contributed by atoms with Crippen LogP contribution in [0.4, 0.5) is 0 Å². The first kappa shape index (κ1) is 15.2. The van der Waals surface area contributed by atoms with Gasteiger partial charge in [0.15, 0.2) is 0 Å². The second-order valence-electron chi connectivity index (χ2n) is 3.72. The molecule has 94 valence electrons. The molecule has 0 bridgehead atoms. The Morgan fingerprint density at radius 3 is 2.69 bits per heavy atom. The number of hydrogen-bond acceptors (Lipinski definition) is 3. The summed E-state index contributed by atoms with van der Waals surface area (Å²) in [6.45, 7) is 3.62. The molecule has 5 nitrogen and oxygen atoms in total. The summed E-state index contributed by atoms with van der Waals surface area (Å²) in [5, 5.41) is 8.40. The van der Waals surface area contributed by atoms with Gasteiger partial charge in [-0.15, -0.1) is 12.4 Å². The molecule has 0 radical (unpaired) electrons. The van der Waals surface area contributed by atoms with Crippen molar-refractivity contribution in [1.29, 1.82) is 0 Å². The van der Waals surface area contributed by atoms with Crippen LogP contribution >= 0.6 is 12.4 Å². The summed E-state index contributed by atoms with van der Waals surface area (Å²) in [7, 11) is 0. The van der Waals surface area contributed by atoms with Crippen molar-refractivity contribution < 1.29 is 9.59 Å². The average molecular weight is 250 g/mol. The van der Waals surface area contributed by atoms with Crippen molar-refractivity contribution in [2.45, 2.75) is 32.2 Å². The number of rotatable bonds is 5. The van der Waals surface area contributed by atoms with E-state index in [1.807, 2.05) is 6.92 Å². The van der Waals surface area contributed by atoms with Crippen LogP contribution in [-0.4, -0.2) is 37.5 Å². The first-order chi connectivity index (χ1) is 7.24. The minimum Gasteiger partial charge on any atom is -0.355 e. The Labute approximate surface area is 102 Å². The van der Waals surface area contributed by atoms with E-state index < -0.39 is 0 Å². The minimum absolute atomic E-state index is 0. The lowest BCUT2D eigenvalue weighted by molar-refractivity contribution is -0.127. The Morgan fingerprint density at radius 1 is 1.38 bits per heavy atom. The molecule has 1 rings (SSSR count). The quantitative estimate of drug-likeness (QED) is 0.632. The predicted molar refractivity (Wildman–Crippen MR) is 64.6 cm³/mol. The third kappa shape index (κ3) is 5.32. The van der Waals surface area contributed by atoms with E-state index in [0.717, 1.165) is 25.8 Å². The maximum Gasteiger partial charge on any atom is 0.239 e. The van der Waals surface area contributed by atoms with E-state index in [2.05, 4.69) is 16.0 Å². The zero-order chi connectivity index (χ0) is 11.1. The molecule has 1 aliphatic rings. The molecule has 1 fully saturated rings. The minimum atomic E-state index is -0.122. The van der Waals surface area contributed by atoms with Crippen LogP contribution in [0, 0.1) is 0 Å². The molecule has 0 spiro atoms. The molecule has 0 aromatic rings. The van der Waals surface area contributed by atoms with Crippen molar-refractivity contribution in [1.82, 2.24) is 16.0 Å². The van der Waals surface area contributed by atoms with Crippen LogP contribution in [0.25, 0.3) is 0 Å². The Hall–Kier alpha value is -0.810. The molecule has 0 saturated carbocycles. The molecular weight excluding hydrogens is 230 g/mol. The summed E-state index contributed by atoms with van der Waals surface area (Å²) < 4.78 is 0. The molecule has 0 aromatic heterocycles. The smallest absolute Gasteiger partial charge is 0.239 e. The Morgan fingerprint density at radius 2 is 2.12 bits per heavy atom. The van der Waals surface area contributed by atoms with Crippen LogP contribution in [0.2, 0.25) is 0 Å². The summed E-state index contributed by atoms with van der Waals surface area (Å²) in [6.07, 6.45) is 2.80. The molecule has 1 atom stereocenters. The van der Waals surface area contributed by atoms with Crippen molar-refractivity contribution >= 4 is 24.2 Å². The van der Waals surface area contributed by atoms with Crippen molar-refractivity contribution in [3.63, 3.8) is 0 Å². The van der Waals surface area contributed by atoms with E-state index in [1.165, 1.54) is 0 Å². The summed E-state index contributed by atoms with van der Waals surface area (Å²) in [5.41, 5.74) is 0. The highest BCUT2D eigenvalue weighted by Crippen LogP contribution is 2.03.